The van der Waals surface area contributed by atoms with Gasteiger partial charge in [-0.3, -0.25) is 0 Å². The van der Waals surface area contributed by atoms with E-state index < -0.39 is 0 Å². The third-order valence-corrected chi connectivity index (χ3v) is 4.13. The SMILES string of the molecule is CCC(C)Cc1c2ccccc2cc2ccccc12. The molecule has 0 heterocycles. The molecule has 0 fully saturated rings. The van der Waals surface area contributed by atoms with E-state index in [0.29, 0.717) is 0 Å². The summed E-state index contributed by atoms with van der Waals surface area (Å²) in [4.78, 5) is 0. The van der Waals surface area contributed by atoms with Crippen LogP contribution in [0.25, 0.3) is 21.5 Å². The van der Waals surface area contributed by atoms with Gasteiger partial charge in [0.25, 0.3) is 0 Å². The van der Waals surface area contributed by atoms with Gasteiger partial charge in [0.05, 0.1) is 0 Å². The summed E-state index contributed by atoms with van der Waals surface area (Å²) in [5.74, 6) is 0.731. The van der Waals surface area contributed by atoms with Crippen LogP contribution in [-0.4, -0.2) is 0 Å². The van der Waals surface area contributed by atoms with E-state index in [2.05, 4.69) is 68.4 Å². The average Bonchev–Trinajstić information content (AvgIpc) is 2.46. The van der Waals surface area contributed by atoms with E-state index in [9.17, 15) is 0 Å². The van der Waals surface area contributed by atoms with Gasteiger partial charge in [-0.15, -0.1) is 0 Å². The van der Waals surface area contributed by atoms with E-state index >= 15 is 0 Å². The van der Waals surface area contributed by atoms with Gasteiger partial charge in [-0.05, 0) is 45.5 Å². The Hall–Kier alpha value is -1.82. The number of hydrogen-bond acceptors (Lipinski definition) is 0. The van der Waals surface area contributed by atoms with Crippen LogP contribution in [-0.2, 0) is 6.42 Å². The highest BCUT2D eigenvalue weighted by Gasteiger charge is 2.09. The minimum atomic E-state index is 0.731. The van der Waals surface area contributed by atoms with E-state index in [-0.39, 0.29) is 0 Å². The molecule has 0 aromatic heterocycles. The highest BCUT2D eigenvalue weighted by Crippen LogP contribution is 2.30. The summed E-state index contributed by atoms with van der Waals surface area (Å²) in [6.07, 6.45) is 2.40. The number of hydrogen-bond donors (Lipinski definition) is 0. The summed E-state index contributed by atoms with van der Waals surface area (Å²) < 4.78 is 0. The van der Waals surface area contributed by atoms with E-state index in [1.54, 1.807) is 0 Å². The molecule has 0 bridgehead atoms. The van der Waals surface area contributed by atoms with Crippen LogP contribution in [0, 0.1) is 5.92 Å². The van der Waals surface area contributed by atoms with E-state index in [0.717, 1.165) is 5.92 Å². The monoisotopic (exact) mass is 248 g/mol. The van der Waals surface area contributed by atoms with Gasteiger partial charge in [0, 0.05) is 0 Å². The molecule has 0 spiro atoms. The molecule has 1 unspecified atom stereocenters. The van der Waals surface area contributed by atoms with Crippen molar-refractivity contribution in [2.24, 2.45) is 5.92 Å². The van der Waals surface area contributed by atoms with Gasteiger partial charge in [-0.2, -0.15) is 0 Å². The van der Waals surface area contributed by atoms with Crippen molar-refractivity contribution in [3.05, 3.63) is 60.2 Å². The van der Waals surface area contributed by atoms with Crippen LogP contribution in [0.15, 0.2) is 54.6 Å². The fourth-order valence-corrected chi connectivity index (χ4v) is 2.82. The molecule has 3 aromatic carbocycles. The number of benzene rings is 3. The highest BCUT2D eigenvalue weighted by atomic mass is 14.1. The van der Waals surface area contributed by atoms with Gasteiger partial charge in [0.1, 0.15) is 0 Å². The molecule has 96 valence electrons. The van der Waals surface area contributed by atoms with Crippen LogP contribution in [0.2, 0.25) is 0 Å². The Labute approximate surface area is 115 Å². The van der Waals surface area contributed by atoms with Gasteiger partial charge in [-0.25, -0.2) is 0 Å². The first-order valence-electron chi connectivity index (χ1n) is 7.19. The van der Waals surface area contributed by atoms with Crippen molar-refractivity contribution in [2.45, 2.75) is 26.7 Å². The van der Waals surface area contributed by atoms with E-state index in [4.69, 9.17) is 0 Å². The van der Waals surface area contributed by atoms with Gasteiger partial charge >= 0.3 is 0 Å². The summed E-state index contributed by atoms with van der Waals surface area (Å²) in [7, 11) is 0. The summed E-state index contributed by atoms with van der Waals surface area (Å²) >= 11 is 0. The Bertz CT molecular complexity index is 655. The van der Waals surface area contributed by atoms with Crippen LogP contribution in [0.1, 0.15) is 25.8 Å². The fourth-order valence-electron chi connectivity index (χ4n) is 2.82. The van der Waals surface area contributed by atoms with Crippen LogP contribution in [0.3, 0.4) is 0 Å². The third-order valence-electron chi connectivity index (χ3n) is 4.13. The predicted molar refractivity (Wildman–Crippen MR) is 84.6 cm³/mol. The maximum atomic E-state index is 2.34. The van der Waals surface area contributed by atoms with Crippen LogP contribution in [0.4, 0.5) is 0 Å². The molecule has 0 amide bonds. The van der Waals surface area contributed by atoms with Crippen molar-refractivity contribution < 1.29 is 0 Å². The molecule has 3 aromatic rings. The minimum Gasteiger partial charge on any atom is -0.0651 e. The Morgan fingerprint density at radius 2 is 1.37 bits per heavy atom. The van der Waals surface area contributed by atoms with Crippen molar-refractivity contribution >= 4 is 21.5 Å². The Kier molecular flexibility index (Phi) is 3.25. The summed E-state index contributed by atoms with van der Waals surface area (Å²) in [6.45, 7) is 4.62. The lowest BCUT2D eigenvalue weighted by Gasteiger charge is -2.15. The summed E-state index contributed by atoms with van der Waals surface area (Å²) in [5.41, 5.74) is 1.52. The quantitative estimate of drug-likeness (QED) is 0.531. The second-order valence-corrected chi connectivity index (χ2v) is 5.51. The second kappa shape index (κ2) is 5.05. The topological polar surface area (TPSA) is 0 Å². The molecular formula is C19H20. The van der Waals surface area contributed by atoms with Crippen LogP contribution < -0.4 is 0 Å². The zero-order chi connectivity index (χ0) is 13.2. The Morgan fingerprint density at radius 1 is 0.842 bits per heavy atom. The molecule has 0 aliphatic heterocycles. The van der Waals surface area contributed by atoms with Gasteiger partial charge in [-0.1, -0.05) is 68.8 Å². The first kappa shape index (κ1) is 12.2. The molecule has 0 heteroatoms. The fraction of sp³-hybridized carbons (Fsp3) is 0.263. The average molecular weight is 248 g/mol. The van der Waals surface area contributed by atoms with Crippen molar-refractivity contribution in [2.75, 3.05) is 0 Å². The highest BCUT2D eigenvalue weighted by molar-refractivity contribution is 6.02. The zero-order valence-corrected chi connectivity index (χ0v) is 11.7. The van der Waals surface area contributed by atoms with Gasteiger partial charge < -0.3 is 0 Å². The lowest BCUT2D eigenvalue weighted by molar-refractivity contribution is 0.564. The molecule has 0 saturated heterocycles. The zero-order valence-electron chi connectivity index (χ0n) is 11.7. The smallest absolute Gasteiger partial charge is 0.0145 e. The molecule has 0 aliphatic rings. The Balaban J connectivity index is 2.33. The number of fused-ring (bicyclic) bond motifs is 2. The number of rotatable bonds is 3. The standard InChI is InChI=1S/C19H20/c1-3-14(2)12-19-17-10-6-4-8-15(17)13-16-9-5-7-11-18(16)19/h4-11,13-14H,3,12H2,1-2H3. The van der Waals surface area contributed by atoms with Crippen molar-refractivity contribution in [1.29, 1.82) is 0 Å². The van der Waals surface area contributed by atoms with Gasteiger partial charge in [0.15, 0.2) is 0 Å². The van der Waals surface area contributed by atoms with Crippen molar-refractivity contribution in [3.8, 4) is 0 Å². The first-order chi connectivity index (χ1) is 9.29. The Morgan fingerprint density at radius 3 is 1.89 bits per heavy atom. The predicted octanol–water partition coefficient (Wildman–Crippen LogP) is 5.58. The van der Waals surface area contributed by atoms with Crippen molar-refractivity contribution in [1.82, 2.24) is 0 Å². The molecule has 0 N–H and O–H groups in total. The maximum Gasteiger partial charge on any atom is -0.0145 e. The molecule has 0 saturated carbocycles. The molecular weight excluding hydrogens is 228 g/mol. The lowest BCUT2D eigenvalue weighted by atomic mass is 9.90. The van der Waals surface area contributed by atoms with Gasteiger partial charge in [0.2, 0.25) is 0 Å². The molecule has 19 heavy (non-hydrogen) atoms. The normalized spacial score (nSPS) is 12.9. The first-order valence-corrected chi connectivity index (χ1v) is 7.19. The molecule has 0 nitrogen and oxygen atoms in total. The third kappa shape index (κ3) is 2.23. The minimum absolute atomic E-state index is 0.731. The van der Waals surface area contributed by atoms with E-state index in [1.165, 1.54) is 39.9 Å². The largest absolute Gasteiger partial charge is 0.0651 e. The molecule has 3 rings (SSSR count). The van der Waals surface area contributed by atoms with E-state index in [1.807, 2.05) is 0 Å². The van der Waals surface area contributed by atoms with Crippen LogP contribution >= 0.6 is 0 Å². The maximum absolute atomic E-state index is 2.34. The summed E-state index contributed by atoms with van der Waals surface area (Å²) in [5, 5.41) is 5.56. The second-order valence-electron chi connectivity index (χ2n) is 5.51. The summed E-state index contributed by atoms with van der Waals surface area (Å²) in [6, 6.07) is 19.8. The van der Waals surface area contributed by atoms with Crippen LogP contribution in [0.5, 0.6) is 0 Å². The molecule has 0 aliphatic carbocycles. The lowest BCUT2D eigenvalue weighted by Crippen LogP contribution is -1.99. The van der Waals surface area contributed by atoms with Crippen molar-refractivity contribution in [3.63, 3.8) is 0 Å². The molecule has 0 radical (unpaired) electrons. The molecule has 1 atom stereocenters.